The summed E-state index contributed by atoms with van der Waals surface area (Å²) in [5, 5.41) is 3.05. The summed E-state index contributed by atoms with van der Waals surface area (Å²) in [6.45, 7) is 2.62. The van der Waals surface area contributed by atoms with E-state index in [4.69, 9.17) is 11.6 Å². The molecule has 1 aliphatic rings. The molecule has 150 valence electrons. The Balaban J connectivity index is 1.54. The molecule has 1 aliphatic heterocycles. The van der Waals surface area contributed by atoms with Crippen molar-refractivity contribution in [2.45, 2.75) is 19.9 Å². The van der Waals surface area contributed by atoms with Gasteiger partial charge in [-0.2, -0.15) is 0 Å². The summed E-state index contributed by atoms with van der Waals surface area (Å²) >= 11 is 6.08. The molecule has 8 heteroatoms. The van der Waals surface area contributed by atoms with Crippen molar-refractivity contribution in [2.24, 2.45) is 0 Å². The molecule has 1 aromatic heterocycles. The molecule has 0 fully saturated rings. The van der Waals surface area contributed by atoms with Gasteiger partial charge in [-0.3, -0.25) is 14.5 Å². The van der Waals surface area contributed by atoms with Crippen molar-refractivity contribution >= 4 is 34.1 Å². The largest absolute Gasteiger partial charge is 0.355 e. The highest BCUT2D eigenvalue weighted by Gasteiger charge is 2.24. The van der Waals surface area contributed by atoms with Gasteiger partial charge in [-0.25, -0.2) is 8.78 Å². The third kappa shape index (κ3) is 3.75. The fourth-order valence-electron chi connectivity index (χ4n) is 3.57. The Morgan fingerprint density at radius 1 is 1.24 bits per heavy atom. The Labute approximate surface area is 170 Å². The Bertz CT molecular complexity index is 1190. The van der Waals surface area contributed by atoms with Crippen molar-refractivity contribution in [2.75, 3.05) is 18.4 Å². The Hall–Kier alpha value is -2.77. The third-order valence-corrected chi connectivity index (χ3v) is 5.53. The molecule has 29 heavy (non-hydrogen) atoms. The monoisotopic (exact) mass is 417 g/mol. The number of aryl methyl sites for hydroxylation is 1. The van der Waals surface area contributed by atoms with Crippen LogP contribution in [0, 0.1) is 18.6 Å². The van der Waals surface area contributed by atoms with Crippen LogP contribution in [0.1, 0.15) is 16.8 Å². The Morgan fingerprint density at radius 3 is 2.76 bits per heavy atom. The minimum absolute atomic E-state index is 0.0635. The SMILES string of the molecule is Cc1ccc(NC(=O)CN2CCc3[nH]c4c(F)ccc(F)c4c(=O)c3C2)cc1Cl. The number of rotatable bonds is 3. The first kappa shape index (κ1) is 19.5. The number of fused-ring (bicyclic) bond motifs is 2. The standard InChI is InChI=1S/C21H18ClF2N3O2/c1-11-2-3-12(8-14(11)22)25-18(28)10-27-7-6-17-13(9-27)21(29)19-15(23)4-5-16(24)20(19)26-17/h2-5,8H,6-7,9-10H2,1H3,(H,25,28)(H,26,29). The van der Waals surface area contributed by atoms with E-state index in [-0.39, 0.29) is 29.9 Å². The van der Waals surface area contributed by atoms with Crippen molar-refractivity contribution in [3.63, 3.8) is 0 Å². The predicted molar refractivity (Wildman–Crippen MR) is 108 cm³/mol. The van der Waals surface area contributed by atoms with Crippen molar-refractivity contribution < 1.29 is 13.6 Å². The molecule has 0 saturated heterocycles. The molecule has 0 bridgehead atoms. The van der Waals surface area contributed by atoms with E-state index < -0.39 is 17.1 Å². The zero-order valence-corrected chi connectivity index (χ0v) is 16.4. The number of aromatic amines is 1. The van der Waals surface area contributed by atoms with Gasteiger partial charge in [-0.1, -0.05) is 17.7 Å². The van der Waals surface area contributed by atoms with E-state index in [9.17, 15) is 18.4 Å². The van der Waals surface area contributed by atoms with Gasteiger partial charge < -0.3 is 10.3 Å². The molecule has 0 atom stereocenters. The van der Waals surface area contributed by atoms with Crippen molar-refractivity contribution in [3.8, 4) is 0 Å². The highest BCUT2D eigenvalue weighted by Crippen LogP contribution is 2.23. The van der Waals surface area contributed by atoms with E-state index in [0.29, 0.717) is 34.9 Å². The quantitative estimate of drug-likeness (QED) is 0.682. The number of carbonyl (C=O) groups is 1. The topological polar surface area (TPSA) is 65.2 Å². The van der Waals surface area contributed by atoms with Crippen LogP contribution >= 0.6 is 11.6 Å². The first-order valence-electron chi connectivity index (χ1n) is 9.13. The average molecular weight is 418 g/mol. The van der Waals surface area contributed by atoms with Crippen LogP contribution in [0.25, 0.3) is 10.9 Å². The molecule has 2 aromatic carbocycles. The third-order valence-electron chi connectivity index (χ3n) is 5.13. The number of hydrogen-bond donors (Lipinski definition) is 2. The molecule has 0 radical (unpaired) electrons. The Morgan fingerprint density at radius 2 is 2.00 bits per heavy atom. The lowest BCUT2D eigenvalue weighted by molar-refractivity contribution is -0.117. The van der Waals surface area contributed by atoms with Gasteiger partial charge in [0.15, 0.2) is 5.43 Å². The summed E-state index contributed by atoms with van der Waals surface area (Å²) in [5.41, 5.74) is 1.78. The molecule has 0 unspecified atom stereocenters. The number of anilines is 1. The fourth-order valence-corrected chi connectivity index (χ4v) is 3.75. The zero-order valence-electron chi connectivity index (χ0n) is 15.6. The van der Waals surface area contributed by atoms with Crippen LogP contribution in [0.3, 0.4) is 0 Å². The number of aromatic nitrogens is 1. The smallest absolute Gasteiger partial charge is 0.238 e. The van der Waals surface area contributed by atoms with Crippen molar-refractivity contribution in [1.29, 1.82) is 0 Å². The normalized spacial score (nSPS) is 14.1. The maximum atomic E-state index is 14.1. The number of halogens is 3. The zero-order chi connectivity index (χ0) is 20.7. The second kappa shape index (κ2) is 7.57. The van der Waals surface area contributed by atoms with Gasteiger partial charge in [0.05, 0.1) is 17.4 Å². The second-order valence-corrected chi connectivity index (χ2v) is 7.57. The molecule has 0 aliphatic carbocycles. The molecule has 3 aromatic rings. The summed E-state index contributed by atoms with van der Waals surface area (Å²) in [6.07, 6.45) is 0.431. The Kier molecular flexibility index (Phi) is 5.10. The van der Waals surface area contributed by atoms with Gasteiger partial charge in [0.2, 0.25) is 5.91 Å². The van der Waals surface area contributed by atoms with E-state index in [1.54, 1.807) is 17.0 Å². The van der Waals surface area contributed by atoms with Gasteiger partial charge in [0.1, 0.15) is 11.6 Å². The summed E-state index contributed by atoms with van der Waals surface area (Å²) < 4.78 is 28.1. The maximum absolute atomic E-state index is 14.1. The maximum Gasteiger partial charge on any atom is 0.238 e. The molecule has 0 saturated carbocycles. The van der Waals surface area contributed by atoms with Crippen molar-refractivity contribution in [1.82, 2.24) is 9.88 Å². The highest BCUT2D eigenvalue weighted by molar-refractivity contribution is 6.31. The van der Waals surface area contributed by atoms with Crippen LogP contribution in [-0.2, 0) is 17.8 Å². The second-order valence-electron chi connectivity index (χ2n) is 7.16. The van der Waals surface area contributed by atoms with Crippen LogP contribution < -0.4 is 10.7 Å². The summed E-state index contributed by atoms with van der Waals surface area (Å²) in [6, 6.07) is 7.19. The molecular formula is C21H18ClF2N3O2. The average Bonchev–Trinajstić information content (AvgIpc) is 2.68. The van der Waals surface area contributed by atoms with Gasteiger partial charge in [-0.05, 0) is 36.8 Å². The predicted octanol–water partition coefficient (Wildman–Crippen LogP) is 3.76. The lowest BCUT2D eigenvalue weighted by Gasteiger charge is -2.28. The molecule has 5 nitrogen and oxygen atoms in total. The molecule has 2 N–H and O–H groups in total. The molecule has 1 amide bonds. The van der Waals surface area contributed by atoms with Gasteiger partial charge >= 0.3 is 0 Å². The molecule has 0 spiro atoms. The number of carbonyl (C=O) groups excluding carboxylic acids is 1. The molecule has 4 rings (SSSR count). The first-order valence-corrected chi connectivity index (χ1v) is 9.51. The number of benzene rings is 2. The minimum atomic E-state index is -0.767. The minimum Gasteiger partial charge on any atom is -0.355 e. The van der Waals surface area contributed by atoms with E-state index in [1.807, 2.05) is 13.0 Å². The van der Waals surface area contributed by atoms with E-state index in [0.717, 1.165) is 17.7 Å². The van der Waals surface area contributed by atoms with E-state index >= 15 is 0 Å². The number of nitrogens with one attached hydrogen (secondary N) is 2. The highest BCUT2D eigenvalue weighted by atomic mass is 35.5. The summed E-state index contributed by atoms with van der Waals surface area (Å²) in [7, 11) is 0. The first-order chi connectivity index (χ1) is 13.8. The number of hydrogen-bond acceptors (Lipinski definition) is 3. The van der Waals surface area contributed by atoms with Crippen LogP contribution in [0.5, 0.6) is 0 Å². The van der Waals surface area contributed by atoms with Gasteiger partial charge in [-0.15, -0.1) is 0 Å². The summed E-state index contributed by atoms with van der Waals surface area (Å²) in [4.78, 5) is 29.8. The van der Waals surface area contributed by atoms with Crippen LogP contribution in [0.4, 0.5) is 14.5 Å². The van der Waals surface area contributed by atoms with Crippen LogP contribution in [0.2, 0.25) is 5.02 Å². The van der Waals surface area contributed by atoms with Crippen LogP contribution in [0.15, 0.2) is 35.1 Å². The summed E-state index contributed by atoms with van der Waals surface area (Å²) in [5.74, 6) is -1.68. The van der Waals surface area contributed by atoms with E-state index in [1.165, 1.54) is 0 Å². The lowest BCUT2D eigenvalue weighted by atomic mass is 10.0. The number of nitrogens with zero attached hydrogens (tertiary/aromatic N) is 1. The fraction of sp³-hybridized carbons (Fsp3) is 0.238. The van der Waals surface area contributed by atoms with Crippen molar-refractivity contribution in [3.05, 3.63) is 74.0 Å². The number of pyridine rings is 1. The van der Waals surface area contributed by atoms with Crippen LogP contribution in [-0.4, -0.2) is 28.9 Å². The molecular weight excluding hydrogens is 400 g/mol. The van der Waals surface area contributed by atoms with Gasteiger partial charge in [0, 0.05) is 41.5 Å². The van der Waals surface area contributed by atoms with E-state index in [2.05, 4.69) is 10.3 Å². The number of H-pyrrole nitrogens is 1. The van der Waals surface area contributed by atoms with Gasteiger partial charge in [0.25, 0.3) is 0 Å². The lowest BCUT2D eigenvalue weighted by Crippen LogP contribution is -2.39. The molecule has 2 heterocycles. The number of amides is 1.